The molecule has 1 aromatic heterocycles. The predicted octanol–water partition coefficient (Wildman–Crippen LogP) is 3.89. The molecule has 94 valence electrons. The predicted molar refractivity (Wildman–Crippen MR) is 61.8 cm³/mol. The Morgan fingerprint density at radius 2 is 1.94 bits per heavy atom. The van der Waals surface area contributed by atoms with Crippen molar-refractivity contribution < 1.29 is 13.2 Å². The minimum absolute atomic E-state index is 0.0203. The first-order valence-electron chi connectivity index (χ1n) is 4.88. The number of nitrogens with one attached hydrogen (secondary N) is 1. The Labute approximate surface area is 106 Å². The van der Waals surface area contributed by atoms with E-state index < -0.39 is 11.7 Å². The van der Waals surface area contributed by atoms with Gasteiger partial charge in [-0.05, 0) is 35.9 Å². The third-order valence-corrected chi connectivity index (χ3v) is 2.27. The summed E-state index contributed by atoms with van der Waals surface area (Å²) in [6.45, 7) is 0. The SMILES string of the molecule is FC(F)(F)c1cccc(Nc2ccnc(Cl)n2)c1. The Morgan fingerprint density at radius 1 is 1.17 bits per heavy atom. The summed E-state index contributed by atoms with van der Waals surface area (Å²) in [5.74, 6) is 0.328. The van der Waals surface area contributed by atoms with Crippen molar-refractivity contribution in [1.82, 2.24) is 9.97 Å². The molecule has 2 rings (SSSR count). The summed E-state index contributed by atoms with van der Waals surface area (Å²) in [6.07, 6.45) is -2.97. The molecule has 18 heavy (non-hydrogen) atoms. The minimum Gasteiger partial charge on any atom is -0.340 e. The topological polar surface area (TPSA) is 37.8 Å². The molecule has 0 saturated carbocycles. The van der Waals surface area contributed by atoms with E-state index in [4.69, 9.17) is 11.6 Å². The molecule has 0 aliphatic rings. The first-order chi connectivity index (χ1) is 8.45. The van der Waals surface area contributed by atoms with E-state index in [1.165, 1.54) is 24.4 Å². The molecule has 0 bridgehead atoms. The summed E-state index contributed by atoms with van der Waals surface area (Å²) in [7, 11) is 0. The summed E-state index contributed by atoms with van der Waals surface area (Å²) in [4.78, 5) is 7.49. The van der Waals surface area contributed by atoms with Gasteiger partial charge in [-0.25, -0.2) is 9.97 Å². The Hall–Kier alpha value is -1.82. The van der Waals surface area contributed by atoms with Crippen molar-refractivity contribution >= 4 is 23.1 Å². The molecule has 0 atom stereocenters. The minimum atomic E-state index is -4.37. The van der Waals surface area contributed by atoms with Crippen molar-refractivity contribution in [2.24, 2.45) is 0 Å². The van der Waals surface area contributed by atoms with E-state index in [1.807, 2.05) is 0 Å². The van der Waals surface area contributed by atoms with Crippen LogP contribution in [-0.2, 0) is 6.18 Å². The van der Waals surface area contributed by atoms with Crippen molar-refractivity contribution in [1.29, 1.82) is 0 Å². The molecule has 0 radical (unpaired) electrons. The number of anilines is 2. The zero-order valence-electron chi connectivity index (χ0n) is 8.87. The normalized spacial score (nSPS) is 11.3. The molecule has 0 unspecified atom stereocenters. The molecule has 7 heteroatoms. The highest BCUT2D eigenvalue weighted by molar-refractivity contribution is 6.28. The van der Waals surface area contributed by atoms with E-state index in [0.717, 1.165) is 12.1 Å². The number of nitrogens with zero attached hydrogens (tertiary/aromatic N) is 2. The first-order valence-corrected chi connectivity index (χ1v) is 5.26. The van der Waals surface area contributed by atoms with Crippen molar-refractivity contribution in [3.05, 3.63) is 47.4 Å². The van der Waals surface area contributed by atoms with Gasteiger partial charge in [0.15, 0.2) is 0 Å². The van der Waals surface area contributed by atoms with Crippen LogP contribution in [0.1, 0.15) is 5.56 Å². The average molecular weight is 274 g/mol. The maximum absolute atomic E-state index is 12.5. The fraction of sp³-hybridized carbons (Fsp3) is 0.0909. The number of rotatable bonds is 2. The molecule has 0 saturated heterocycles. The highest BCUT2D eigenvalue weighted by Crippen LogP contribution is 2.31. The summed E-state index contributed by atoms with van der Waals surface area (Å²) in [5.41, 5.74) is -0.452. The second kappa shape index (κ2) is 4.81. The zero-order valence-corrected chi connectivity index (χ0v) is 9.63. The number of hydrogen-bond donors (Lipinski definition) is 1. The van der Waals surface area contributed by atoms with Crippen LogP contribution in [0.3, 0.4) is 0 Å². The van der Waals surface area contributed by atoms with Crippen LogP contribution in [-0.4, -0.2) is 9.97 Å². The van der Waals surface area contributed by atoms with Gasteiger partial charge >= 0.3 is 6.18 Å². The van der Waals surface area contributed by atoms with Gasteiger partial charge in [0, 0.05) is 11.9 Å². The van der Waals surface area contributed by atoms with E-state index in [-0.39, 0.29) is 11.0 Å². The lowest BCUT2D eigenvalue weighted by molar-refractivity contribution is -0.137. The zero-order chi connectivity index (χ0) is 13.2. The van der Waals surface area contributed by atoms with Crippen LogP contribution in [0.15, 0.2) is 36.5 Å². The van der Waals surface area contributed by atoms with Crippen LogP contribution in [0.5, 0.6) is 0 Å². The third-order valence-electron chi connectivity index (χ3n) is 2.09. The molecular formula is C11H7ClF3N3. The maximum Gasteiger partial charge on any atom is 0.416 e. The molecule has 0 aliphatic heterocycles. The number of alkyl halides is 3. The molecule has 1 aromatic carbocycles. The molecule has 2 aromatic rings. The van der Waals surface area contributed by atoms with Gasteiger partial charge in [-0.15, -0.1) is 0 Å². The Morgan fingerprint density at radius 3 is 2.61 bits per heavy atom. The van der Waals surface area contributed by atoms with Crippen LogP contribution in [0.4, 0.5) is 24.7 Å². The Bertz CT molecular complexity index is 557. The fourth-order valence-corrected chi connectivity index (χ4v) is 1.47. The van der Waals surface area contributed by atoms with E-state index >= 15 is 0 Å². The van der Waals surface area contributed by atoms with E-state index in [0.29, 0.717) is 5.82 Å². The standard InChI is InChI=1S/C11H7ClF3N3/c12-10-16-5-4-9(18-10)17-8-3-1-2-7(6-8)11(13,14)15/h1-6H,(H,16,17,18). The van der Waals surface area contributed by atoms with Crippen LogP contribution in [0.25, 0.3) is 0 Å². The summed E-state index contributed by atoms with van der Waals surface area (Å²) < 4.78 is 37.5. The second-order valence-electron chi connectivity index (χ2n) is 3.41. The maximum atomic E-state index is 12.5. The number of aromatic nitrogens is 2. The molecule has 0 fully saturated rings. The molecule has 0 amide bonds. The van der Waals surface area contributed by atoms with Gasteiger partial charge in [0.25, 0.3) is 0 Å². The van der Waals surface area contributed by atoms with Gasteiger partial charge in [0.2, 0.25) is 5.28 Å². The molecule has 1 N–H and O–H groups in total. The van der Waals surface area contributed by atoms with Gasteiger partial charge in [0.05, 0.1) is 5.56 Å². The van der Waals surface area contributed by atoms with Gasteiger partial charge in [-0.2, -0.15) is 13.2 Å². The number of benzene rings is 1. The van der Waals surface area contributed by atoms with Crippen molar-refractivity contribution in [3.8, 4) is 0 Å². The van der Waals surface area contributed by atoms with Crippen molar-refractivity contribution in [3.63, 3.8) is 0 Å². The smallest absolute Gasteiger partial charge is 0.340 e. The third kappa shape index (κ3) is 3.10. The Balaban J connectivity index is 2.25. The number of halogens is 4. The summed E-state index contributed by atoms with van der Waals surface area (Å²) in [5, 5.41) is 2.74. The molecule has 0 aliphatic carbocycles. The fourth-order valence-electron chi connectivity index (χ4n) is 1.33. The molecule has 1 heterocycles. The lowest BCUT2D eigenvalue weighted by Crippen LogP contribution is -2.05. The molecular weight excluding hydrogens is 267 g/mol. The van der Waals surface area contributed by atoms with Crippen LogP contribution >= 0.6 is 11.6 Å². The summed E-state index contributed by atoms with van der Waals surface area (Å²) in [6, 6.07) is 6.32. The first kappa shape index (κ1) is 12.6. The van der Waals surface area contributed by atoms with Gasteiger partial charge < -0.3 is 5.32 Å². The van der Waals surface area contributed by atoms with E-state index in [1.54, 1.807) is 0 Å². The quantitative estimate of drug-likeness (QED) is 0.844. The molecule has 0 spiro atoms. The average Bonchev–Trinajstić information content (AvgIpc) is 2.28. The highest BCUT2D eigenvalue weighted by Gasteiger charge is 2.30. The molecule has 3 nitrogen and oxygen atoms in total. The van der Waals surface area contributed by atoms with E-state index in [2.05, 4.69) is 15.3 Å². The summed E-state index contributed by atoms with van der Waals surface area (Å²) >= 11 is 5.57. The lowest BCUT2D eigenvalue weighted by Gasteiger charge is -2.10. The Kier molecular flexibility index (Phi) is 3.38. The van der Waals surface area contributed by atoms with Crippen LogP contribution in [0.2, 0.25) is 5.28 Å². The monoisotopic (exact) mass is 273 g/mol. The lowest BCUT2D eigenvalue weighted by atomic mass is 10.2. The van der Waals surface area contributed by atoms with Crippen LogP contribution in [0, 0.1) is 0 Å². The van der Waals surface area contributed by atoms with Crippen LogP contribution < -0.4 is 5.32 Å². The van der Waals surface area contributed by atoms with Crippen molar-refractivity contribution in [2.45, 2.75) is 6.18 Å². The van der Waals surface area contributed by atoms with Gasteiger partial charge in [0.1, 0.15) is 5.82 Å². The van der Waals surface area contributed by atoms with E-state index in [9.17, 15) is 13.2 Å². The van der Waals surface area contributed by atoms with Gasteiger partial charge in [-0.1, -0.05) is 6.07 Å². The second-order valence-corrected chi connectivity index (χ2v) is 3.75. The van der Waals surface area contributed by atoms with Crippen molar-refractivity contribution in [2.75, 3.05) is 5.32 Å². The largest absolute Gasteiger partial charge is 0.416 e. The van der Waals surface area contributed by atoms with Gasteiger partial charge in [-0.3, -0.25) is 0 Å². The number of hydrogen-bond acceptors (Lipinski definition) is 3. The highest BCUT2D eigenvalue weighted by atomic mass is 35.5.